The number of carboxylic acid groups (broad SMARTS) is 1. The fourth-order valence-electron chi connectivity index (χ4n) is 5.79. The summed E-state index contributed by atoms with van der Waals surface area (Å²) in [5.41, 5.74) is 3.01. The Balaban J connectivity index is 1.68. The van der Waals surface area contributed by atoms with Crippen LogP contribution >= 0.6 is 0 Å². The van der Waals surface area contributed by atoms with Crippen LogP contribution in [0.5, 0.6) is 5.75 Å². The molecule has 0 aliphatic rings. The minimum Gasteiger partial charge on any atom is -0.478 e. The van der Waals surface area contributed by atoms with Gasteiger partial charge in [0.1, 0.15) is 28.1 Å². The topological polar surface area (TPSA) is 89.9 Å². The fraction of sp³-hybridized carbons (Fsp3) is 0. The van der Waals surface area contributed by atoms with Gasteiger partial charge >= 0.3 is 5.97 Å². The van der Waals surface area contributed by atoms with Crippen LogP contribution in [0.25, 0.3) is 76.2 Å². The van der Waals surface area contributed by atoms with Gasteiger partial charge in [0, 0.05) is 37.7 Å². The maximum absolute atomic E-state index is 11.7. The van der Waals surface area contributed by atoms with E-state index < -0.39 is 5.97 Å². The molecule has 0 unspecified atom stereocenters. The molecule has 0 amide bonds. The van der Waals surface area contributed by atoms with Crippen molar-refractivity contribution >= 4 is 88.6 Å². The van der Waals surface area contributed by atoms with Crippen LogP contribution in [0.2, 0.25) is 0 Å². The molecule has 0 atom stereocenters. The number of carbonyl (C=O) groups excluding carboxylic acids is 1. The Morgan fingerprint density at radius 2 is 1.22 bits per heavy atom. The van der Waals surface area contributed by atoms with Crippen LogP contribution in [0.3, 0.4) is 0 Å². The van der Waals surface area contributed by atoms with Crippen molar-refractivity contribution in [2.24, 2.45) is 0 Å². The third kappa shape index (κ3) is 2.25. The molecule has 2 aromatic heterocycles. The highest BCUT2D eigenvalue weighted by Gasteiger charge is 2.23. The van der Waals surface area contributed by atoms with E-state index in [2.05, 4.69) is 6.07 Å². The van der Waals surface area contributed by atoms with Gasteiger partial charge in [-0.3, -0.25) is 4.79 Å². The Morgan fingerprint density at radius 1 is 0.667 bits per heavy atom. The molecule has 6 aromatic carbocycles. The molecule has 0 radical (unpaired) electrons. The minimum absolute atomic E-state index is 0.210. The van der Waals surface area contributed by atoms with Crippen molar-refractivity contribution in [3.05, 3.63) is 78.4 Å². The van der Waals surface area contributed by atoms with Crippen LogP contribution < -0.4 is 4.74 Å². The highest BCUT2D eigenvalue weighted by atomic mass is 16.5. The average Bonchev–Trinajstić information content (AvgIpc) is 3.47. The summed E-state index contributed by atoms with van der Waals surface area (Å²) in [6.07, 6.45) is 0. The smallest absolute Gasteiger partial charge is 0.335 e. The average molecular weight is 470 g/mol. The maximum Gasteiger partial charge on any atom is 0.335 e. The SMILES string of the molecule is O=COc1ccc2oc3c4cccc5c6oc7ccc(C(=O)O)cc7c6c6cccc(c3c2c1)c6c45. The zero-order chi connectivity index (χ0) is 24.1. The Morgan fingerprint density at radius 3 is 1.83 bits per heavy atom. The second kappa shape index (κ2) is 6.52. The van der Waals surface area contributed by atoms with Crippen LogP contribution in [-0.4, -0.2) is 17.5 Å². The molecule has 0 aliphatic heterocycles. The molecule has 6 nitrogen and oxygen atoms in total. The van der Waals surface area contributed by atoms with Gasteiger partial charge in [-0.25, -0.2) is 4.79 Å². The number of carboxylic acids is 1. The van der Waals surface area contributed by atoms with Crippen molar-refractivity contribution in [3.8, 4) is 5.75 Å². The summed E-state index contributed by atoms with van der Waals surface area (Å²) in [6.45, 7) is 0.413. The number of furan rings is 2. The van der Waals surface area contributed by atoms with Gasteiger partial charge in [0.2, 0.25) is 0 Å². The van der Waals surface area contributed by atoms with Gasteiger partial charge in [-0.1, -0.05) is 36.4 Å². The molecule has 6 heteroatoms. The summed E-state index contributed by atoms with van der Waals surface area (Å²) < 4.78 is 17.8. The Kier molecular flexibility index (Phi) is 3.48. The molecule has 170 valence electrons. The Hall–Kier alpha value is -5.10. The second-order valence-corrected chi connectivity index (χ2v) is 8.96. The number of fused-ring (bicyclic) bond motifs is 10. The number of carbonyl (C=O) groups is 2. The predicted molar refractivity (Wildman–Crippen MR) is 138 cm³/mol. The molecular formula is C30H14O6. The molecule has 0 saturated carbocycles. The van der Waals surface area contributed by atoms with Crippen molar-refractivity contribution in [1.29, 1.82) is 0 Å². The summed E-state index contributed by atoms with van der Waals surface area (Å²) in [4.78, 5) is 22.7. The van der Waals surface area contributed by atoms with Gasteiger partial charge in [-0.2, -0.15) is 0 Å². The van der Waals surface area contributed by atoms with E-state index in [0.29, 0.717) is 23.4 Å². The lowest BCUT2D eigenvalue weighted by atomic mass is 9.89. The van der Waals surface area contributed by atoms with Gasteiger partial charge in [-0.05, 0) is 52.6 Å². The van der Waals surface area contributed by atoms with Crippen LogP contribution in [0.15, 0.2) is 81.6 Å². The summed E-state index contributed by atoms with van der Waals surface area (Å²) in [6, 6.07) is 22.4. The largest absolute Gasteiger partial charge is 0.478 e. The molecule has 0 bridgehead atoms. The number of ether oxygens (including phenoxy) is 1. The van der Waals surface area contributed by atoms with Crippen molar-refractivity contribution in [2.45, 2.75) is 0 Å². The number of aromatic carboxylic acids is 1. The normalized spacial score (nSPS) is 12.2. The zero-order valence-corrected chi connectivity index (χ0v) is 18.5. The fourth-order valence-corrected chi connectivity index (χ4v) is 5.79. The van der Waals surface area contributed by atoms with Gasteiger partial charge in [0.05, 0.1) is 5.56 Å². The van der Waals surface area contributed by atoms with Gasteiger partial charge in [0.15, 0.2) is 0 Å². The van der Waals surface area contributed by atoms with E-state index in [4.69, 9.17) is 13.6 Å². The monoisotopic (exact) mass is 470 g/mol. The molecule has 8 rings (SSSR count). The predicted octanol–water partition coefficient (Wildman–Crippen LogP) is 7.62. The van der Waals surface area contributed by atoms with Gasteiger partial charge in [0.25, 0.3) is 6.47 Å². The lowest BCUT2D eigenvalue weighted by molar-refractivity contribution is -0.120. The van der Waals surface area contributed by atoms with Crippen molar-refractivity contribution < 1.29 is 28.3 Å². The summed E-state index contributed by atoms with van der Waals surface area (Å²) in [7, 11) is 0. The van der Waals surface area contributed by atoms with Gasteiger partial charge in [-0.15, -0.1) is 0 Å². The third-order valence-electron chi connectivity index (χ3n) is 7.19. The van der Waals surface area contributed by atoms with E-state index in [0.717, 1.165) is 65.0 Å². The second-order valence-electron chi connectivity index (χ2n) is 8.96. The molecule has 0 spiro atoms. The lowest BCUT2D eigenvalue weighted by Gasteiger charge is -2.13. The van der Waals surface area contributed by atoms with E-state index in [1.54, 1.807) is 24.3 Å². The van der Waals surface area contributed by atoms with E-state index in [-0.39, 0.29) is 5.56 Å². The standard InChI is InChI=1S/C30H14O6/c31-13-34-15-8-10-23-21(12-15)27-17-4-1-3-16-24(17)25-18(5-2-6-19(25)29(27)36-23)28-26(16)20-11-14(30(32)33)7-9-22(20)35-28/h1-13H,(H,32,33). The van der Waals surface area contributed by atoms with Crippen molar-refractivity contribution in [1.82, 2.24) is 0 Å². The highest BCUT2D eigenvalue weighted by molar-refractivity contribution is 6.43. The number of rotatable bonds is 3. The molecule has 36 heavy (non-hydrogen) atoms. The first kappa shape index (κ1) is 19.2. The first-order valence-corrected chi connectivity index (χ1v) is 11.4. The van der Waals surface area contributed by atoms with E-state index in [1.807, 2.05) is 42.5 Å². The first-order valence-electron chi connectivity index (χ1n) is 11.4. The van der Waals surface area contributed by atoms with Crippen molar-refractivity contribution in [3.63, 3.8) is 0 Å². The Bertz CT molecular complexity index is 2230. The molecule has 0 saturated heterocycles. The molecule has 8 aromatic rings. The van der Waals surface area contributed by atoms with Crippen LogP contribution in [0.1, 0.15) is 10.4 Å². The Labute approximate surface area is 201 Å². The number of hydrogen-bond acceptors (Lipinski definition) is 5. The molecule has 0 fully saturated rings. The molecule has 0 aliphatic carbocycles. The van der Waals surface area contributed by atoms with Crippen LogP contribution in [-0.2, 0) is 4.79 Å². The lowest BCUT2D eigenvalue weighted by Crippen LogP contribution is -1.94. The van der Waals surface area contributed by atoms with Crippen LogP contribution in [0, 0.1) is 0 Å². The van der Waals surface area contributed by atoms with Gasteiger partial charge < -0.3 is 18.7 Å². The summed E-state index contributed by atoms with van der Waals surface area (Å²) in [5, 5.41) is 19.0. The maximum atomic E-state index is 11.7. The quantitative estimate of drug-likeness (QED) is 0.211. The molecule has 2 heterocycles. The van der Waals surface area contributed by atoms with E-state index in [1.165, 1.54) is 0 Å². The molecular weight excluding hydrogens is 456 g/mol. The highest BCUT2D eigenvalue weighted by Crippen LogP contribution is 2.49. The first-order chi connectivity index (χ1) is 17.6. The van der Waals surface area contributed by atoms with E-state index in [9.17, 15) is 14.7 Å². The molecule has 1 N–H and O–H groups in total. The van der Waals surface area contributed by atoms with Crippen LogP contribution in [0.4, 0.5) is 0 Å². The number of benzene rings is 6. The number of hydrogen-bond donors (Lipinski definition) is 1. The van der Waals surface area contributed by atoms with E-state index >= 15 is 0 Å². The zero-order valence-electron chi connectivity index (χ0n) is 18.5. The minimum atomic E-state index is -0.983. The summed E-state index contributed by atoms with van der Waals surface area (Å²) in [5.74, 6) is -0.543. The third-order valence-corrected chi connectivity index (χ3v) is 7.19. The summed E-state index contributed by atoms with van der Waals surface area (Å²) >= 11 is 0. The van der Waals surface area contributed by atoms with Crippen molar-refractivity contribution in [2.75, 3.05) is 0 Å².